The van der Waals surface area contributed by atoms with E-state index in [0.29, 0.717) is 11.4 Å². The molecule has 0 bridgehead atoms. The van der Waals surface area contributed by atoms with Crippen LogP contribution in [-0.4, -0.2) is 38.6 Å². The summed E-state index contributed by atoms with van der Waals surface area (Å²) in [5, 5.41) is 8.59. The molecular weight excluding hydrogens is 332 g/mol. The van der Waals surface area contributed by atoms with Gasteiger partial charge in [-0.05, 0) is 29.8 Å². The fraction of sp³-hybridized carbons (Fsp3) is 0.125. The van der Waals surface area contributed by atoms with Crippen molar-refractivity contribution in [2.24, 2.45) is 0 Å². The molecule has 0 aliphatic rings. The molecule has 1 heterocycles. The van der Waals surface area contributed by atoms with Crippen molar-refractivity contribution in [1.29, 1.82) is 0 Å². The Morgan fingerprint density at radius 3 is 2.46 bits per heavy atom. The summed E-state index contributed by atoms with van der Waals surface area (Å²) in [6.45, 7) is 0. The van der Waals surface area contributed by atoms with Crippen LogP contribution in [0.25, 0.3) is 6.08 Å². The van der Waals surface area contributed by atoms with Crippen molar-refractivity contribution >= 4 is 27.9 Å². The molecule has 0 radical (unpaired) electrons. The molecular formula is C16H16N2O5S. The van der Waals surface area contributed by atoms with Gasteiger partial charge in [0.2, 0.25) is 5.88 Å². The molecule has 0 aliphatic carbocycles. The van der Waals surface area contributed by atoms with Gasteiger partial charge in [0.25, 0.3) is 10.0 Å². The maximum atomic E-state index is 12.6. The van der Waals surface area contributed by atoms with Gasteiger partial charge in [-0.2, -0.15) is 4.98 Å². The van der Waals surface area contributed by atoms with Crippen LogP contribution in [0, 0.1) is 0 Å². The van der Waals surface area contributed by atoms with Gasteiger partial charge in [-0.15, -0.1) is 0 Å². The van der Waals surface area contributed by atoms with E-state index in [-0.39, 0.29) is 10.7 Å². The zero-order valence-electron chi connectivity index (χ0n) is 13.1. The minimum absolute atomic E-state index is 0.0714. The van der Waals surface area contributed by atoms with E-state index < -0.39 is 16.0 Å². The fourth-order valence-corrected chi connectivity index (χ4v) is 3.04. The number of aliphatic carboxylic acids is 1. The SMILES string of the molecule is COc1cccc(N(C)S(=O)(=O)c2ccc(C=CC(=O)O)cc2)n1. The summed E-state index contributed by atoms with van der Waals surface area (Å²) in [4.78, 5) is 14.7. The normalized spacial score (nSPS) is 11.4. The Morgan fingerprint density at radius 2 is 1.88 bits per heavy atom. The van der Waals surface area contributed by atoms with E-state index in [0.717, 1.165) is 10.4 Å². The lowest BCUT2D eigenvalue weighted by atomic mass is 10.2. The van der Waals surface area contributed by atoms with Gasteiger partial charge in [-0.3, -0.25) is 4.31 Å². The van der Waals surface area contributed by atoms with E-state index in [1.54, 1.807) is 18.2 Å². The quantitative estimate of drug-likeness (QED) is 0.802. The summed E-state index contributed by atoms with van der Waals surface area (Å²) < 4.78 is 31.3. The number of benzene rings is 1. The maximum absolute atomic E-state index is 12.6. The Morgan fingerprint density at radius 1 is 1.21 bits per heavy atom. The second-order valence-corrected chi connectivity index (χ2v) is 6.72. The first-order chi connectivity index (χ1) is 11.3. The van der Waals surface area contributed by atoms with Gasteiger partial charge in [-0.25, -0.2) is 13.2 Å². The number of carbonyl (C=O) groups is 1. The summed E-state index contributed by atoms with van der Waals surface area (Å²) in [7, 11) is -0.944. The Kier molecular flexibility index (Phi) is 5.20. The Balaban J connectivity index is 2.30. The highest BCUT2D eigenvalue weighted by Crippen LogP contribution is 2.22. The molecule has 0 amide bonds. The minimum atomic E-state index is -3.79. The average Bonchev–Trinajstić information content (AvgIpc) is 2.59. The summed E-state index contributed by atoms with van der Waals surface area (Å²) in [5.41, 5.74) is 0.582. The number of carboxylic acid groups (broad SMARTS) is 1. The zero-order chi connectivity index (χ0) is 17.7. The number of nitrogens with zero attached hydrogens (tertiary/aromatic N) is 2. The lowest BCUT2D eigenvalue weighted by Crippen LogP contribution is -2.27. The summed E-state index contributed by atoms with van der Waals surface area (Å²) in [5.74, 6) is -0.538. The number of ether oxygens (including phenoxy) is 1. The van der Waals surface area contributed by atoms with E-state index in [9.17, 15) is 13.2 Å². The van der Waals surface area contributed by atoms with Gasteiger partial charge >= 0.3 is 5.97 Å². The van der Waals surface area contributed by atoms with Crippen LogP contribution < -0.4 is 9.04 Å². The van der Waals surface area contributed by atoms with Crippen LogP contribution in [0.4, 0.5) is 5.82 Å². The molecule has 0 unspecified atom stereocenters. The third-order valence-electron chi connectivity index (χ3n) is 3.20. The van der Waals surface area contributed by atoms with Crippen molar-refractivity contribution < 1.29 is 23.1 Å². The number of rotatable bonds is 6. The molecule has 1 N–H and O–H groups in total. The number of hydrogen-bond donors (Lipinski definition) is 1. The van der Waals surface area contributed by atoms with Crippen LogP contribution in [-0.2, 0) is 14.8 Å². The van der Waals surface area contributed by atoms with Crippen molar-refractivity contribution in [1.82, 2.24) is 4.98 Å². The van der Waals surface area contributed by atoms with E-state index in [2.05, 4.69) is 4.98 Å². The molecule has 0 atom stereocenters. The lowest BCUT2D eigenvalue weighted by molar-refractivity contribution is -0.131. The predicted molar refractivity (Wildman–Crippen MR) is 89.5 cm³/mol. The third-order valence-corrected chi connectivity index (χ3v) is 4.97. The van der Waals surface area contributed by atoms with Gasteiger partial charge in [0.1, 0.15) is 5.82 Å². The Hall–Kier alpha value is -2.87. The van der Waals surface area contributed by atoms with E-state index >= 15 is 0 Å². The number of sulfonamides is 1. The molecule has 8 heteroatoms. The van der Waals surface area contributed by atoms with Crippen LogP contribution in [0.1, 0.15) is 5.56 Å². The molecule has 0 aliphatic heterocycles. The number of pyridine rings is 1. The second kappa shape index (κ2) is 7.14. The van der Waals surface area contributed by atoms with Crippen LogP contribution in [0.2, 0.25) is 0 Å². The van der Waals surface area contributed by atoms with Crippen molar-refractivity contribution in [2.45, 2.75) is 4.90 Å². The molecule has 0 saturated heterocycles. The number of methoxy groups -OCH3 is 1. The van der Waals surface area contributed by atoms with Crippen LogP contribution >= 0.6 is 0 Å². The van der Waals surface area contributed by atoms with Crippen LogP contribution in [0.15, 0.2) is 53.4 Å². The fourth-order valence-electron chi connectivity index (χ4n) is 1.89. The first-order valence-electron chi connectivity index (χ1n) is 6.85. The van der Waals surface area contributed by atoms with E-state index in [1.165, 1.54) is 44.5 Å². The largest absolute Gasteiger partial charge is 0.481 e. The first-order valence-corrected chi connectivity index (χ1v) is 8.29. The minimum Gasteiger partial charge on any atom is -0.481 e. The Bertz CT molecular complexity index is 860. The number of carboxylic acids is 1. The highest BCUT2D eigenvalue weighted by Gasteiger charge is 2.22. The highest BCUT2D eigenvalue weighted by atomic mass is 32.2. The summed E-state index contributed by atoms with van der Waals surface area (Å²) >= 11 is 0. The maximum Gasteiger partial charge on any atom is 0.328 e. The molecule has 0 saturated carbocycles. The van der Waals surface area contributed by atoms with Crippen LogP contribution in [0.5, 0.6) is 5.88 Å². The van der Waals surface area contributed by atoms with Gasteiger partial charge in [0.15, 0.2) is 0 Å². The monoisotopic (exact) mass is 348 g/mol. The molecule has 7 nitrogen and oxygen atoms in total. The predicted octanol–water partition coefficient (Wildman–Crippen LogP) is 2.01. The molecule has 0 fully saturated rings. The van der Waals surface area contributed by atoms with Gasteiger partial charge in [0, 0.05) is 19.2 Å². The average molecular weight is 348 g/mol. The number of hydrogen-bond acceptors (Lipinski definition) is 5. The van der Waals surface area contributed by atoms with Crippen molar-refractivity contribution in [3.05, 3.63) is 54.1 Å². The molecule has 24 heavy (non-hydrogen) atoms. The summed E-state index contributed by atoms with van der Waals surface area (Å²) in [6.07, 6.45) is 2.36. The first kappa shape index (κ1) is 17.5. The van der Waals surface area contributed by atoms with Gasteiger partial charge < -0.3 is 9.84 Å². The van der Waals surface area contributed by atoms with E-state index in [1.807, 2.05) is 0 Å². The molecule has 1 aromatic heterocycles. The van der Waals surface area contributed by atoms with E-state index in [4.69, 9.17) is 9.84 Å². The molecule has 0 spiro atoms. The zero-order valence-corrected chi connectivity index (χ0v) is 13.9. The molecule has 2 aromatic rings. The summed E-state index contributed by atoms with van der Waals surface area (Å²) in [6, 6.07) is 10.7. The highest BCUT2D eigenvalue weighted by molar-refractivity contribution is 7.92. The standard InChI is InChI=1S/C16H16N2O5S/c1-18(14-4-3-5-15(17-14)23-2)24(21,22)13-9-6-12(7-10-13)8-11-16(19)20/h3-11H,1-2H3,(H,19,20). The smallest absolute Gasteiger partial charge is 0.328 e. The van der Waals surface area contributed by atoms with Crippen LogP contribution in [0.3, 0.4) is 0 Å². The van der Waals surface area contributed by atoms with Gasteiger partial charge in [0.05, 0.1) is 12.0 Å². The molecule has 2 rings (SSSR count). The van der Waals surface area contributed by atoms with Crippen molar-refractivity contribution in [3.63, 3.8) is 0 Å². The second-order valence-electron chi connectivity index (χ2n) is 4.75. The Labute approximate surface area is 139 Å². The number of anilines is 1. The third kappa shape index (κ3) is 3.90. The molecule has 126 valence electrons. The van der Waals surface area contributed by atoms with Gasteiger partial charge in [-0.1, -0.05) is 18.2 Å². The lowest BCUT2D eigenvalue weighted by Gasteiger charge is -2.18. The number of aromatic nitrogens is 1. The van der Waals surface area contributed by atoms with Crippen molar-refractivity contribution in [3.8, 4) is 5.88 Å². The topological polar surface area (TPSA) is 96.8 Å². The van der Waals surface area contributed by atoms with Crippen molar-refractivity contribution in [2.75, 3.05) is 18.5 Å². The molecule has 1 aromatic carbocycles.